The Kier molecular flexibility index (Phi) is 6.92. The maximum absolute atomic E-state index is 12.4. The van der Waals surface area contributed by atoms with Crippen molar-refractivity contribution in [1.29, 1.82) is 0 Å². The molecule has 3 rings (SSSR count). The number of likely N-dealkylation sites (tertiary alicyclic amines) is 1. The highest BCUT2D eigenvalue weighted by atomic mass is 16.2. The summed E-state index contributed by atoms with van der Waals surface area (Å²) in [7, 11) is 0. The smallest absolute Gasteiger partial charge is 0.317 e. The van der Waals surface area contributed by atoms with E-state index >= 15 is 0 Å². The largest absolute Gasteiger partial charge is 0.338 e. The van der Waals surface area contributed by atoms with Gasteiger partial charge in [-0.3, -0.25) is 4.90 Å². The quantitative estimate of drug-likeness (QED) is 0.850. The second kappa shape index (κ2) is 9.38. The molecule has 0 radical (unpaired) electrons. The van der Waals surface area contributed by atoms with Crippen molar-refractivity contribution in [1.82, 2.24) is 20.0 Å². The van der Waals surface area contributed by atoms with Gasteiger partial charge in [-0.25, -0.2) is 4.79 Å². The summed E-state index contributed by atoms with van der Waals surface area (Å²) in [5, 5.41) is 3.12. The third kappa shape index (κ3) is 5.21. The van der Waals surface area contributed by atoms with E-state index in [0.717, 1.165) is 45.7 Å². The van der Waals surface area contributed by atoms with Crippen molar-refractivity contribution in [2.24, 2.45) is 0 Å². The molecule has 26 heavy (non-hydrogen) atoms. The number of hydrogen-bond donors (Lipinski definition) is 1. The SMILES string of the molecule is Cc1ccccc1CN1CCN(C(=O)NCC[C@H](C)N2CCCC2)CC1. The zero-order valence-electron chi connectivity index (χ0n) is 16.4. The number of rotatable bonds is 6. The highest BCUT2D eigenvalue weighted by Crippen LogP contribution is 2.14. The number of carbonyl (C=O) groups excluding carboxylic acids is 1. The van der Waals surface area contributed by atoms with Gasteiger partial charge in [0.25, 0.3) is 0 Å². The van der Waals surface area contributed by atoms with Crippen LogP contribution in [0.25, 0.3) is 0 Å². The molecule has 2 aliphatic rings. The molecular formula is C21H34N4O. The lowest BCUT2D eigenvalue weighted by atomic mass is 10.1. The average Bonchev–Trinajstić information content (AvgIpc) is 3.19. The Morgan fingerprint density at radius 3 is 2.46 bits per heavy atom. The standard InChI is InChI=1S/C21H34N4O/c1-18-7-3-4-8-20(18)17-23-13-15-25(16-14-23)21(26)22-10-9-19(2)24-11-5-6-12-24/h3-4,7-8,19H,5-6,9-17H2,1-2H3,(H,22,26)/t19-/m0/s1. The number of benzene rings is 1. The predicted octanol–water partition coefficient (Wildman–Crippen LogP) is 2.70. The second-order valence-corrected chi connectivity index (χ2v) is 7.80. The summed E-state index contributed by atoms with van der Waals surface area (Å²) < 4.78 is 0. The minimum Gasteiger partial charge on any atom is -0.338 e. The lowest BCUT2D eigenvalue weighted by Gasteiger charge is -2.35. The van der Waals surface area contributed by atoms with Gasteiger partial charge in [0.2, 0.25) is 0 Å². The van der Waals surface area contributed by atoms with Gasteiger partial charge in [-0.1, -0.05) is 24.3 Å². The van der Waals surface area contributed by atoms with E-state index < -0.39 is 0 Å². The molecule has 0 bridgehead atoms. The number of nitrogens with one attached hydrogen (secondary N) is 1. The molecule has 1 N–H and O–H groups in total. The van der Waals surface area contributed by atoms with E-state index in [2.05, 4.69) is 53.2 Å². The van der Waals surface area contributed by atoms with Gasteiger partial charge in [-0.05, 0) is 57.3 Å². The van der Waals surface area contributed by atoms with Crippen LogP contribution in [0.1, 0.15) is 37.3 Å². The molecule has 0 spiro atoms. The molecule has 0 saturated carbocycles. The zero-order chi connectivity index (χ0) is 18.4. The van der Waals surface area contributed by atoms with Crippen molar-refractivity contribution in [2.75, 3.05) is 45.8 Å². The Morgan fingerprint density at radius 1 is 1.08 bits per heavy atom. The van der Waals surface area contributed by atoms with E-state index in [9.17, 15) is 4.79 Å². The molecule has 0 aliphatic carbocycles. The molecule has 1 aromatic carbocycles. The topological polar surface area (TPSA) is 38.8 Å². The van der Waals surface area contributed by atoms with Crippen LogP contribution in [0.3, 0.4) is 0 Å². The monoisotopic (exact) mass is 358 g/mol. The molecule has 2 amide bonds. The van der Waals surface area contributed by atoms with Crippen LogP contribution in [0.2, 0.25) is 0 Å². The van der Waals surface area contributed by atoms with E-state index in [1.807, 2.05) is 4.90 Å². The molecule has 0 unspecified atom stereocenters. The van der Waals surface area contributed by atoms with Crippen LogP contribution in [0.15, 0.2) is 24.3 Å². The maximum Gasteiger partial charge on any atom is 0.317 e. The number of amides is 2. The van der Waals surface area contributed by atoms with Gasteiger partial charge < -0.3 is 15.1 Å². The van der Waals surface area contributed by atoms with Gasteiger partial charge in [0.05, 0.1) is 0 Å². The van der Waals surface area contributed by atoms with Crippen molar-refractivity contribution in [2.45, 2.75) is 45.7 Å². The molecule has 2 heterocycles. The van der Waals surface area contributed by atoms with Crippen LogP contribution in [0.4, 0.5) is 4.79 Å². The van der Waals surface area contributed by atoms with Crippen LogP contribution in [0, 0.1) is 6.92 Å². The molecule has 144 valence electrons. The van der Waals surface area contributed by atoms with Crippen LogP contribution >= 0.6 is 0 Å². The van der Waals surface area contributed by atoms with E-state index in [4.69, 9.17) is 0 Å². The summed E-state index contributed by atoms with van der Waals surface area (Å²) in [6.45, 7) is 12.2. The summed E-state index contributed by atoms with van der Waals surface area (Å²) in [4.78, 5) is 19.4. The maximum atomic E-state index is 12.4. The number of nitrogens with zero attached hydrogens (tertiary/aromatic N) is 3. The van der Waals surface area contributed by atoms with E-state index in [-0.39, 0.29) is 6.03 Å². The Balaban J connectivity index is 1.35. The Hall–Kier alpha value is -1.59. The lowest BCUT2D eigenvalue weighted by Crippen LogP contribution is -2.51. The molecular weight excluding hydrogens is 324 g/mol. The summed E-state index contributed by atoms with van der Waals surface area (Å²) >= 11 is 0. The molecule has 1 aromatic rings. The van der Waals surface area contributed by atoms with Crippen LogP contribution < -0.4 is 5.32 Å². The zero-order valence-corrected chi connectivity index (χ0v) is 16.4. The Bertz CT molecular complexity index is 577. The summed E-state index contributed by atoms with van der Waals surface area (Å²) in [5.74, 6) is 0. The number of aryl methyl sites for hydroxylation is 1. The highest BCUT2D eigenvalue weighted by Gasteiger charge is 2.22. The summed E-state index contributed by atoms with van der Waals surface area (Å²) in [6, 6.07) is 9.25. The van der Waals surface area contributed by atoms with Gasteiger partial charge in [0.1, 0.15) is 0 Å². The fourth-order valence-corrected chi connectivity index (χ4v) is 4.00. The molecule has 2 fully saturated rings. The van der Waals surface area contributed by atoms with Crippen LogP contribution in [-0.2, 0) is 6.54 Å². The predicted molar refractivity (Wildman–Crippen MR) is 106 cm³/mol. The summed E-state index contributed by atoms with van der Waals surface area (Å²) in [5.41, 5.74) is 2.74. The average molecular weight is 359 g/mol. The third-order valence-corrected chi connectivity index (χ3v) is 5.92. The fourth-order valence-electron chi connectivity index (χ4n) is 4.00. The third-order valence-electron chi connectivity index (χ3n) is 5.92. The minimum atomic E-state index is 0.106. The van der Waals surface area contributed by atoms with Crippen LogP contribution in [0.5, 0.6) is 0 Å². The number of piperazine rings is 1. The molecule has 5 heteroatoms. The van der Waals surface area contributed by atoms with Gasteiger partial charge in [0.15, 0.2) is 0 Å². The first-order valence-electron chi connectivity index (χ1n) is 10.2. The first-order valence-corrected chi connectivity index (χ1v) is 10.2. The van der Waals surface area contributed by atoms with Gasteiger partial charge >= 0.3 is 6.03 Å². The molecule has 2 saturated heterocycles. The van der Waals surface area contributed by atoms with Crippen molar-refractivity contribution in [3.05, 3.63) is 35.4 Å². The normalized spacial score (nSPS) is 20.3. The highest BCUT2D eigenvalue weighted by molar-refractivity contribution is 5.74. The first kappa shape index (κ1) is 19.2. The first-order chi connectivity index (χ1) is 12.6. The Labute approximate surface area is 158 Å². The van der Waals surface area contributed by atoms with Crippen molar-refractivity contribution in [3.63, 3.8) is 0 Å². The Morgan fingerprint density at radius 2 is 1.77 bits per heavy atom. The second-order valence-electron chi connectivity index (χ2n) is 7.80. The van der Waals surface area contributed by atoms with Gasteiger partial charge in [0, 0.05) is 45.3 Å². The molecule has 0 aromatic heterocycles. The van der Waals surface area contributed by atoms with Gasteiger partial charge in [-0.15, -0.1) is 0 Å². The number of urea groups is 1. The van der Waals surface area contributed by atoms with Crippen molar-refractivity contribution in [3.8, 4) is 0 Å². The van der Waals surface area contributed by atoms with Crippen molar-refractivity contribution >= 4 is 6.03 Å². The van der Waals surface area contributed by atoms with Crippen molar-refractivity contribution < 1.29 is 4.79 Å². The van der Waals surface area contributed by atoms with E-state index in [1.54, 1.807) is 0 Å². The fraction of sp³-hybridized carbons (Fsp3) is 0.667. The van der Waals surface area contributed by atoms with E-state index in [0.29, 0.717) is 6.04 Å². The number of carbonyl (C=O) groups is 1. The van der Waals surface area contributed by atoms with E-state index in [1.165, 1.54) is 37.1 Å². The lowest BCUT2D eigenvalue weighted by molar-refractivity contribution is 0.134. The molecule has 5 nitrogen and oxygen atoms in total. The number of hydrogen-bond acceptors (Lipinski definition) is 3. The van der Waals surface area contributed by atoms with Gasteiger partial charge in [-0.2, -0.15) is 0 Å². The van der Waals surface area contributed by atoms with Crippen LogP contribution in [-0.4, -0.2) is 72.6 Å². The molecule has 1 atom stereocenters. The minimum absolute atomic E-state index is 0.106. The molecule has 2 aliphatic heterocycles. The summed E-state index contributed by atoms with van der Waals surface area (Å²) in [6.07, 6.45) is 3.69.